The highest BCUT2D eigenvalue weighted by molar-refractivity contribution is 8.00. The van der Waals surface area contributed by atoms with Gasteiger partial charge >= 0.3 is 0 Å². The van der Waals surface area contributed by atoms with Gasteiger partial charge in [0.15, 0.2) is 5.82 Å². The molecule has 2 heterocycles. The number of rotatable bonds is 5. The van der Waals surface area contributed by atoms with Crippen molar-refractivity contribution in [1.29, 1.82) is 0 Å². The zero-order chi connectivity index (χ0) is 17.1. The third-order valence-electron chi connectivity index (χ3n) is 4.21. The summed E-state index contributed by atoms with van der Waals surface area (Å²) in [7, 11) is 0. The first kappa shape index (κ1) is 15.9. The first-order valence-corrected chi connectivity index (χ1v) is 9.27. The lowest BCUT2D eigenvalue weighted by Gasteiger charge is -2.07. The SMILES string of the molecule is O=C(CSc1ccc2c(c1)CCC2)Nc1ccc(-n2cccn2)nc1. The molecule has 5 nitrogen and oxygen atoms in total. The van der Waals surface area contributed by atoms with Crippen LogP contribution >= 0.6 is 11.8 Å². The third-order valence-corrected chi connectivity index (χ3v) is 5.20. The maximum atomic E-state index is 12.2. The smallest absolute Gasteiger partial charge is 0.234 e. The van der Waals surface area contributed by atoms with Gasteiger partial charge in [0.1, 0.15) is 0 Å². The lowest BCUT2D eigenvalue weighted by molar-refractivity contribution is -0.113. The molecule has 0 bridgehead atoms. The number of hydrogen-bond donors (Lipinski definition) is 1. The number of pyridine rings is 1. The number of nitrogens with one attached hydrogen (secondary N) is 1. The molecule has 126 valence electrons. The molecule has 0 saturated heterocycles. The fourth-order valence-corrected chi connectivity index (χ4v) is 3.74. The number of carbonyl (C=O) groups is 1. The van der Waals surface area contributed by atoms with E-state index >= 15 is 0 Å². The molecule has 3 aromatic rings. The van der Waals surface area contributed by atoms with Crippen molar-refractivity contribution < 1.29 is 4.79 Å². The Bertz CT molecular complexity index is 875. The Hall–Kier alpha value is -2.60. The predicted molar refractivity (Wildman–Crippen MR) is 99.2 cm³/mol. The Labute approximate surface area is 150 Å². The van der Waals surface area contributed by atoms with Crippen molar-refractivity contribution in [2.24, 2.45) is 0 Å². The predicted octanol–water partition coefficient (Wildman–Crippen LogP) is 3.49. The lowest BCUT2D eigenvalue weighted by Crippen LogP contribution is -2.14. The molecule has 25 heavy (non-hydrogen) atoms. The molecule has 0 saturated carbocycles. The van der Waals surface area contributed by atoms with E-state index in [1.165, 1.54) is 24.0 Å². The molecule has 0 unspecified atom stereocenters. The summed E-state index contributed by atoms with van der Waals surface area (Å²) in [6.45, 7) is 0. The van der Waals surface area contributed by atoms with Crippen LogP contribution in [-0.4, -0.2) is 26.4 Å². The molecule has 1 aliphatic rings. The average Bonchev–Trinajstić information content (AvgIpc) is 3.32. The van der Waals surface area contributed by atoms with Gasteiger partial charge in [-0.15, -0.1) is 11.8 Å². The van der Waals surface area contributed by atoms with Crippen molar-refractivity contribution in [2.75, 3.05) is 11.1 Å². The number of nitrogens with zero attached hydrogens (tertiary/aromatic N) is 3. The number of anilines is 1. The highest BCUT2D eigenvalue weighted by Gasteiger charge is 2.12. The first-order valence-electron chi connectivity index (χ1n) is 8.28. The second-order valence-electron chi connectivity index (χ2n) is 5.98. The summed E-state index contributed by atoms with van der Waals surface area (Å²) in [4.78, 5) is 17.6. The summed E-state index contributed by atoms with van der Waals surface area (Å²) in [6.07, 6.45) is 8.76. The van der Waals surface area contributed by atoms with E-state index in [4.69, 9.17) is 0 Å². The molecule has 4 rings (SSSR count). The minimum Gasteiger partial charge on any atom is -0.324 e. The molecule has 0 spiro atoms. The van der Waals surface area contributed by atoms with Crippen LogP contribution in [0.5, 0.6) is 0 Å². The maximum Gasteiger partial charge on any atom is 0.234 e. The fraction of sp³-hybridized carbons (Fsp3) is 0.211. The molecular weight excluding hydrogens is 332 g/mol. The van der Waals surface area contributed by atoms with Crippen LogP contribution in [0.1, 0.15) is 17.5 Å². The Balaban J connectivity index is 1.33. The topological polar surface area (TPSA) is 59.8 Å². The summed E-state index contributed by atoms with van der Waals surface area (Å²) in [5.41, 5.74) is 3.58. The van der Waals surface area contributed by atoms with Crippen molar-refractivity contribution in [3.63, 3.8) is 0 Å². The van der Waals surface area contributed by atoms with E-state index in [9.17, 15) is 4.79 Å². The summed E-state index contributed by atoms with van der Waals surface area (Å²) < 4.78 is 1.68. The number of carbonyl (C=O) groups excluding carboxylic acids is 1. The Kier molecular flexibility index (Phi) is 4.52. The van der Waals surface area contributed by atoms with Gasteiger partial charge in [-0.2, -0.15) is 5.10 Å². The van der Waals surface area contributed by atoms with E-state index in [0.29, 0.717) is 11.4 Å². The van der Waals surface area contributed by atoms with Crippen molar-refractivity contribution in [2.45, 2.75) is 24.2 Å². The van der Waals surface area contributed by atoms with E-state index in [-0.39, 0.29) is 5.91 Å². The summed E-state index contributed by atoms with van der Waals surface area (Å²) >= 11 is 1.57. The van der Waals surface area contributed by atoms with Crippen molar-refractivity contribution in [1.82, 2.24) is 14.8 Å². The van der Waals surface area contributed by atoms with E-state index in [0.717, 1.165) is 17.1 Å². The van der Waals surface area contributed by atoms with Crippen molar-refractivity contribution in [3.05, 3.63) is 66.1 Å². The van der Waals surface area contributed by atoms with Gasteiger partial charge in [0.2, 0.25) is 5.91 Å². The van der Waals surface area contributed by atoms with Crippen molar-refractivity contribution in [3.8, 4) is 5.82 Å². The monoisotopic (exact) mass is 350 g/mol. The number of thioether (sulfide) groups is 1. The van der Waals surface area contributed by atoms with Crippen LogP contribution in [0.2, 0.25) is 0 Å². The molecule has 1 amide bonds. The van der Waals surface area contributed by atoms with E-state index in [2.05, 4.69) is 33.6 Å². The van der Waals surface area contributed by atoms with Gasteiger partial charge in [0.25, 0.3) is 0 Å². The minimum atomic E-state index is -0.0286. The number of aromatic nitrogens is 3. The number of fused-ring (bicyclic) bond motifs is 1. The molecule has 0 atom stereocenters. The minimum absolute atomic E-state index is 0.0286. The van der Waals surface area contributed by atoms with Gasteiger partial charge in [-0.3, -0.25) is 4.79 Å². The van der Waals surface area contributed by atoms with Crippen LogP contribution in [-0.2, 0) is 17.6 Å². The zero-order valence-electron chi connectivity index (χ0n) is 13.7. The molecule has 1 aliphatic carbocycles. The van der Waals surface area contributed by atoms with Crippen molar-refractivity contribution >= 4 is 23.4 Å². The van der Waals surface area contributed by atoms with Crippen LogP contribution in [0, 0.1) is 0 Å². The second kappa shape index (κ2) is 7.11. The molecular formula is C19H18N4OS. The van der Waals surface area contributed by atoms with Gasteiger partial charge in [0.05, 0.1) is 17.6 Å². The van der Waals surface area contributed by atoms with E-state index in [1.807, 2.05) is 24.4 Å². The first-order chi connectivity index (χ1) is 12.3. The van der Waals surface area contributed by atoms with E-state index < -0.39 is 0 Å². The maximum absolute atomic E-state index is 12.2. The van der Waals surface area contributed by atoms with E-state index in [1.54, 1.807) is 28.8 Å². The Morgan fingerprint density at radius 1 is 1.20 bits per heavy atom. The van der Waals surface area contributed by atoms with Crippen LogP contribution < -0.4 is 5.32 Å². The van der Waals surface area contributed by atoms with Gasteiger partial charge in [-0.1, -0.05) is 6.07 Å². The Morgan fingerprint density at radius 3 is 2.92 bits per heavy atom. The summed E-state index contributed by atoms with van der Waals surface area (Å²) in [5.74, 6) is 1.08. The van der Waals surface area contributed by atoms with Gasteiger partial charge in [-0.25, -0.2) is 9.67 Å². The highest BCUT2D eigenvalue weighted by Crippen LogP contribution is 2.27. The van der Waals surface area contributed by atoms with Gasteiger partial charge in [-0.05, 0) is 60.7 Å². The molecule has 0 aliphatic heterocycles. The molecule has 0 fully saturated rings. The fourth-order valence-electron chi connectivity index (χ4n) is 2.98. The van der Waals surface area contributed by atoms with Crippen LogP contribution in [0.25, 0.3) is 5.82 Å². The van der Waals surface area contributed by atoms with Gasteiger partial charge in [0, 0.05) is 17.3 Å². The largest absolute Gasteiger partial charge is 0.324 e. The number of benzene rings is 1. The quantitative estimate of drug-likeness (QED) is 0.716. The van der Waals surface area contributed by atoms with Crippen LogP contribution in [0.3, 0.4) is 0 Å². The number of amides is 1. The zero-order valence-corrected chi connectivity index (χ0v) is 14.5. The summed E-state index contributed by atoms with van der Waals surface area (Å²) in [6, 6.07) is 12.0. The average molecular weight is 350 g/mol. The number of aryl methyl sites for hydroxylation is 2. The molecule has 6 heteroatoms. The van der Waals surface area contributed by atoms with Gasteiger partial charge < -0.3 is 5.32 Å². The van der Waals surface area contributed by atoms with Crippen LogP contribution in [0.15, 0.2) is 59.9 Å². The molecule has 1 aromatic carbocycles. The highest BCUT2D eigenvalue weighted by atomic mass is 32.2. The standard InChI is InChI=1S/C19H18N4OS/c24-19(13-25-17-7-5-14-3-1-4-15(14)11-17)22-16-6-8-18(20-12-16)23-10-2-9-21-23/h2,5-12H,1,3-4,13H2,(H,22,24). The van der Waals surface area contributed by atoms with Crippen LogP contribution in [0.4, 0.5) is 5.69 Å². The summed E-state index contributed by atoms with van der Waals surface area (Å²) in [5, 5.41) is 7.01. The lowest BCUT2D eigenvalue weighted by atomic mass is 10.1. The second-order valence-corrected chi connectivity index (χ2v) is 7.03. The number of hydrogen-bond acceptors (Lipinski definition) is 4. The molecule has 2 aromatic heterocycles. The Morgan fingerprint density at radius 2 is 2.12 bits per heavy atom. The molecule has 1 N–H and O–H groups in total. The molecule has 0 radical (unpaired) electrons. The third kappa shape index (κ3) is 3.74. The normalized spacial score (nSPS) is 12.8.